The lowest BCUT2D eigenvalue weighted by Gasteiger charge is -2.11. The third-order valence-corrected chi connectivity index (χ3v) is 4.78. The first-order valence-corrected chi connectivity index (χ1v) is 10.2. The summed E-state index contributed by atoms with van der Waals surface area (Å²) in [5.74, 6) is 0.871. The van der Waals surface area contributed by atoms with Crippen molar-refractivity contribution >= 4 is 60.5 Å². The zero-order valence-electron chi connectivity index (χ0n) is 11.7. The second kappa shape index (κ2) is 9.94. The van der Waals surface area contributed by atoms with Crippen molar-refractivity contribution in [3.05, 3.63) is 41.1 Å². The Kier molecular flexibility index (Phi) is 9.02. The van der Waals surface area contributed by atoms with Crippen molar-refractivity contribution in [3.63, 3.8) is 0 Å². The van der Waals surface area contributed by atoms with Crippen LogP contribution in [0, 0.1) is 0 Å². The Morgan fingerprint density at radius 1 is 1.40 bits per heavy atom. The van der Waals surface area contributed by atoms with E-state index in [1.165, 1.54) is 5.20 Å². The number of hydrogen-bond donors (Lipinski definition) is 0. The lowest BCUT2D eigenvalue weighted by Crippen LogP contribution is -2.06. The molecule has 2 nitrogen and oxygen atoms in total. The van der Waals surface area contributed by atoms with Gasteiger partial charge in [0.2, 0.25) is 0 Å². The molecule has 0 spiro atoms. The molecule has 1 aromatic carbocycles. The molecule has 0 bridgehead atoms. The fourth-order valence-corrected chi connectivity index (χ4v) is 3.17. The summed E-state index contributed by atoms with van der Waals surface area (Å²) in [4.78, 5) is 12.3. The largest absolute Gasteiger partial charge is 0.470 e. The van der Waals surface area contributed by atoms with Gasteiger partial charge in [0.05, 0.1) is 15.1 Å². The first kappa shape index (κ1) is 18.2. The molecule has 2 radical (unpaired) electrons. The highest BCUT2D eigenvalue weighted by Crippen LogP contribution is 2.25. The van der Waals surface area contributed by atoms with Crippen LogP contribution in [-0.2, 0) is 0 Å². The predicted octanol–water partition coefficient (Wildman–Crippen LogP) is 5.23. The maximum Gasteiger partial charge on any atom is 0.199 e. The Bertz CT molecular complexity index is 473. The fraction of sp³-hybridized carbons (Fsp3) is 0.400. The first-order valence-electron chi connectivity index (χ1n) is 6.48. The topological polar surface area (TPSA) is 26.3 Å². The molecule has 1 rings (SSSR count). The van der Waals surface area contributed by atoms with Crippen molar-refractivity contribution in [3.8, 4) is 5.75 Å². The Morgan fingerprint density at radius 2 is 2.10 bits per heavy atom. The molecule has 20 heavy (non-hydrogen) atoms. The van der Waals surface area contributed by atoms with Crippen molar-refractivity contribution in [2.24, 2.45) is 0 Å². The number of allylic oxidation sites excluding steroid dienone is 2. The van der Waals surface area contributed by atoms with Gasteiger partial charge in [-0.05, 0) is 77.6 Å². The number of rotatable bonds is 8. The number of ether oxygens (including phenoxy) is 1. The van der Waals surface area contributed by atoms with Crippen LogP contribution >= 0.6 is 45.2 Å². The van der Waals surface area contributed by atoms with Crippen LogP contribution in [0.1, 0.15) is 37.0 Å². The van der Waals surface area contributed by atoms with E-state index in [1.54, 1.807) is 0 Å². The van der Waals surface area contributed by atoms with Gasteiger partial charge in [-0.3, -0.25) is 4.79 Å². The maximum absolute atomic E-state index is 12.3. The fourth-order valence-electron chi connectivity index (χ4n) is 1.67. The number of para-hydroxylation sites is 1. The Labute approximate surface area is 150 Å². The second-order valence-electron chi connectivity index (χ2n) is 4.30. The SMILES string of the molecule is CC=C(C)[Si]CCCC(=O)c1ccccc1OC(I)I. The number of halogens is 2. The van der Waals surface area contributed by atoms with Crippen molar-refractivity contribution < 1.29 is 9.53 Å². The molecular weight excluding hydrogens is 494 g/mol. The molecule has 5 heteroatoms. The molecule has 1 aromatic rings. The third-order valence-electron chi connectivity index (χ3n) is 2.82. The normalized spacial score (nSPS) is 11.8. The van der Waals surface area contributed by atoms with Gasteiger partial charge in [0, 0.05) is 6.42 Å². The van der Waals surface area contributed by atoms with E-state index in [-0.39, 0.29) is 7.90 Å². The Hall–Kier alpha value is 0.107. The molecule has 108 valence electrons. The molecule has 0 N–H and O–H groups in total. The van der Waals surface area contributed by atoms with E-state index in [2.05, 4.69) is 65.1 Å². The molecule has 0 heterocycles. The Balaban J connectivity index is 2.55. The van der Waals surface area contributed by atoms with E-state index in [1.807, 2.05) is 24.3 Å². The predicted molar refractivity (Wildman–Crippen MR) is 102 cm³/mol. The number of ketones is 1. The minimum Gasteiger partial charge on any atom is -0.470 e. The lowest BCUT2D eigenvalue weighted by molar-refractivity contribution is 0.0978. The van der Waals surface area contributed by atoms with Crippen LogP contribution in [0.2, 0.25) is 6.04 Å². The molecule has 0 saturated carbocycles. The summed E-state index contributed by atoms with van der Waals surface area (Å²) < 4.78 is 5.70. The van der Waals surface area contributed by atoms with Crippen LogP contribution in [0.3, 0.4) is 0 Å². The van der Waals surface area contributed by atoms with Gasteiger partial charge in [-0.2, -0.15) is 0 Å². The Morgan fingerprint density at radius 3 is 2.75 bits per heavy atom. The van der Waals surface area contributed by atoms with Crippen molar-refractivity contribution in [2.75, 3.05) is 0 Å². The van der Waals surface area contributed by atoms with E-state index in [9.17, 15) is 4.79 Å². The van der Waals surface area contributed by atoms with E-state index in [0.29, 0.717) is 17.7 Å². The zero-order chi connectivity index (χ0) is 15.0. The third kappa shape index (κ3) is 6.71. The van der Waals surface area contributed by atoms with Gasteiger partial charge >= 0.3 is 0 Å². The molecule has 0 amide bonds. The molecule has 0 fully saturated rings. The number of Topliss-reactive ketones (excluding diaryl/α,β-unsaturated/α-hetero) is 1. The molecule has 0 saturated heterocycles. The minimum atomic E-state index is 0.0259. The van der Waals surface area contributed by atoms with Crippen molar-refractivity contribution in [1.82, 2.24) is 0 Å². The monoisotopic (exact) mass is 512 g/mol. The van der Waals surface area contributed by atoms with E-state index in [0.717, 1.165) is 22.0 Å². The number of benzene rings is 1. The number of hydrogen-bond acceptors (Lipinski definition) is 2. The summed E-state index contributed by atoms with van der Waals surface area (Å²) in [5, 5.41) is 1.42. The lowest BCUT2D eigenvalue weighted by atomic mass is 10.1. The first-order chi connectivity index (χ1) is 9.54. The maximum atomic E-state index is 12.3. The van der Waals surface area contributed by atoms with Gasteiger partial charge in [-0.25, -0.2) is 0 Å². The van der Waals surface area contributed by atoms with Gasteiger partial charge in [0.1, 0.15) is 5.75 Å². The van der Waals surface area contributed by atoms with Gasteiger partial charge in [0.15, 0.2) is 7.90 Å². The molecule has 0 unspecified atom stereocenters. The highest BCUT2D eigenvalue weighted by Gasteiger charge is 2.13. The zero-order valence-corrected chi connectivity index (χ0v) is 17.0. The quantitative estimate of drug-likeness (QED) is 0.157. The average Bonchev–Trinajstić information content (AvgIpc) is 2.43. The molecular formula is C15H18I2O2Si. The van der Waals surface area contributed by atoms with E-state index < -0.39 is 0 Å². The summed E-state index contributed by atoms with van der Waals surface area (Å²) in [7, 11) is 0.832. The summed E-state index contributed by atoms with van der Waals surface area (Å²) in [6.07, 6.45) is 3.68. The van der Waals surface area contributed by atoms with Crippen LogP contribution < -0.4 is 4.74 Å². The van der Waals surface area contributed by atoms with Crippen LogP contribution in [0.5, 0.6) is 5.75 Å². The molecule has 0 aliphatic heterocycles. The van der Waals surface area contributed by atoms with Crippen LogP contribution in [0.15, 0.2) is 35.5 Å². The van der Waals surface area contributed by atoms with Gasteiger partial charge in [-0.1, -0.05) is 29.4 Å². The highest BCUT2D eigenvalue weighted by molar-refractivity contribution is 14.2. The van der Waals surface area contributed by atoms with Gasteiger partial charge in [-0.15, -0.1) is 0 Å². The standard InChI is InChI=1S/C15H18I2O2Si/c1-3-11(2)20-10-6-8-13(18)12-7-4-5-9-14(12)19-15(16)17/h3-5,7,9,15H,6,8,10H2,1-2H3. The van der Waals surface area contributed by atoms with E-state index >= 15 is 0 Å². The number of carbonyl (C=O) groups is 1. The number of alkyl halides is 2. The average molecular weight is 512 g/mol. The minimum absolute atomic E-state index is 0.0259. The molecule has 0 aromatic heterocycles. The summed E-state index contributed by atoms with van der Waals surface area (Å²) >= 11 is 4.36. The van der Waals surface area contributed by atoms with Crippen molar-refractivity contribution in [1.29, 1.82) is 0 Å². The summed E-state index contributed by atoms with van der Waals surface area (Å²) in [6.45, 7) is 4.20. The van der Waals surface area contributed by atoms with Crippen molar-refractivity contribution in [2.45, 2.75) is 34.9 Å². The van der Waals surface area contributed by atoms with Crippen LogP contribution in [-0.4, -0.2) is 17.4 Å². The summed E-state index contributed by atoms with van der Waals surface area (Å²) in [6, 6.07) is 8.60. The van der Waals surface area contributed by atoms with Gasteiger partial charge in [0.25, 0.3) is 0 Å². The smallest absolute Gasteiger partial charge is 0.199 e. The molecule has 0 atom stereocenters. The van der Waals surface area contributed by atoms with Crippen LogP contribution in [0.25, 0.3) is 0 Å². The number of carbonyl (C=O) groups excluding carboxylic acids is 1. The molecule has 0 aliphatic carbocycles. The molecule has 0 aliphatic rings. The second-order valence-corrected chi connectivity index (χ2v) is 10.6. The van der Waals surface area contributed by atoms with Gasteiger partial charge < -0.3 is 4.74 Å². The van der Waals surface area contributed by atoms with E-state index in [4.69, 9.17) is 4.74 Å². The van der Waals surface area contributed by atoms with Crippen LogP contribution in [0.4, 0.5) is 0 Å². The summed E-state index contributed by atoms with van der Waals surface area (Å²) in [5.41, 5.74) is 0.705. The highest BCUT2D eigenvalue weighted by atomic mass is 127.